The molecule has 1 aromatic carbocycles. The monoisotopic (exact) mass is 267 g/mol. The lowest BCUT2D eigenvalue weighted by Gasteiger charge is -2.20. The van der Waals surface area contributed by atoms with E-state index < -0.39 is 5.97 Å². The molecular weight excluding hydrogens is 250 g/mol. The number of hydrogen-bond donors (Lipinski definition) is 1. The lowest BCUT2D eigenvalue weighted by atomic mass is 10.1. The summed E-state index contributed by atoms with van der Waals surface area (Å²) in [5.74, 6) is 0.836. The van der Waals surface area contributed by atoms with Crippen LogP contribution < -0.4 is 19.1 Å². The summed E-state index contributed by atoms with van der Waals surface area (Å²) in [4.78, 5) is 12.7. The van der Waals surface area contributed by atoms with Crippen molar-refractivity contribution >= 4 is 11.7 Å². The van der Waals surface area contributed by atoms with Gasteiger partial charge in [-0.15, -0.1) is 0 Å². The molecule has 6 nitrogen and oxygen atoms in total. The highest BCUT2D eigenvalue weighted by atomic mass is 16.5. The molecule has 0 bridgehead atoms. The van der Waals surface area contributed by atoms with Crippen molar-refractivity contribution in [3.8, 4) is 17.2 Å². The van der Waals surface area contributed by atoms with Crippen LogP contribution in [0.2, 0.25) is 0 Å². The van der Waals surface area contributed by atoms with Crippen molar-refractivity contribution in [3.63, 3.8) is 0 Å². The van der Waals surface area contributed by atoms with Gasteiger partial charge in [-0.25, -0.2) is 0 Å². The molecule has 0 fully saturated rings. The number of methoxy groups -OCH3 is 3. The Hall–Kier alpha value is -2.11. The lowest BCUT2D eigenvalue weighted by Crippen LogP contribution is -2.27. The Bertz CT molecular complexity index is 500. The van der Waals surface area contributed by atoms with Gasteiger partial charge in [0.2, 0.25) is 5.75 Å². The Morgan fingerprint density at radius 1 is 1.26 bits per heavy atom. The zero-order valence-corrected chi connectivity index (χ0v) is 11.2. The quantitative estimate of drug-likeness (QED) is 0.863. The average molecular weight is 267 g/mol. The molecule has 0 saturated carbocycles. The van der Waals surface area contributed by atoms with Gasteiger partial charge in [0.05, 0.1) is 21.3 Å². The van der Waals surface area contributed by atoms with Gasteiger partial charge < -0.3 is 24.2 Å². The average Bonchev–Trinajstić information content (AvgIpc) is 2.78. The number of anilines is 1. The zero-order chi connectivity index (χ0) is 14.0. The van der Waals surface area contributed by atoms with Crippen LogP contribution in [-0.2, 0) is 11.2 Å². The summed E-state index contributed by atoms with van der Waals surface area (Å²) in [5.41, 5.74) is 1.79. The minimum atomic E-state index is -0.860. The van der Waals surface area contributed by atoms with Crippen molar-refractivity contribution in [1.29, 1.82) is 0 Å². The molecular formula is C13H17NO5. The summed E-state index contributed by atoms with van der Waals surface area (Å²) in [7, 11) is 4.66. The van der Waals surface area contributed by atoms with E-state index in [0.717, 1.165) is 17.7 Å². The van der Waals surface area contributed by atoms with Crippen LogP contribution in [0.15, 0.2) is 6.07 Å². The molecule has 0 spiro atoms. The van der Waals surface area contributed by atoms with E-state index >= 15 is 0 Å². The highest BCUT2D eigenvalue weighted by Crippen LogP contribution is 2.47. The lowest BCUT2D eigenvalue weighted by molar-refractivity contribution is -0.135. The van der Waals surface area contributed by atoms with Crippen LogP contribution in [-0.4, -0.2) is 45.5 Å². The number of carboxylic acid groups (broad SMARTS) is 1. The van der Waals surface area contributed by atoms with Gasteiger partial charge in [-0.2, -0.15) is 0 Å². The first-order chi connectivity index (χ1) is 9.12. The minimum absolute atomic E-state index is 0.0361. The largest absolute Gasteiger partial charge is 0.493 e. The first kappa shape index (κ1) is 13.3. The number of nitrogens with zero attached hydrogens (tertiary/aromatic N) is 1. The van der Waals surface area contributed by atoms with Crippen molar-refractivity contribution in [3.05, 3.63) is 11.6 Å². The second kappa shape index (κ2) is 5.26. The first-order valence-corrected chi connectivity index (χ1v) is 5.91. The van der Waals surface area contributed by atoms with Gasteiger partial charge in [0.15, 0.2) is 11.5 Å². The third-order valence-corrected chi connectivity index (χ3v) is 3.21. The minimum Gasteiger partial charge on any atom is -0.493 e. The molecule has 1 N–H and O–H groups in total. The predicted octanol–water partition coefficient (Wildman–Crippen LogP) is 1.16. The Kier molecular flexibility index (Phi) is 3.69. The Morgan fingerprint density at radius 2 is 1.95 bits per heavy atom. The number of hydrogen-bond acceptors (Lipinski definition) is 5. The smallest absolute Gasteiger partial charge is 0.323 e. The fraction of sp³-hybridized carbons (Fsp3) is 0.462. The predicted molar refractivity (Wildman–Crippen MR) is 69.7 cm³/mol. The molecule has 0 atom stereocenters. The fourth-order valence-electron chi connectivity index (χ4n) is 2.42. The maximum Gasteiger partial charge on any atom is 0.323 e. The number of ether oxygens (including phenoxy) is 3. The number of carboxylic acids is 1. The summed E-state index contributed by atoms with van der Waals surface area (Å²) >= 11 is 0. The molecule has 0 aliphatic carbocycles. The third-order valence-electron chi connectivity index (χ3n) is 3.21. The van der Waals surface area contributed by atoms with E-state index in [9.17, 15) is 4.79 Å². The Labute approximate surface area is 111 Å². The Morgan fingerprint density at radius 3 is 2.47 bits per heavy atom. The van der Waals surface area contributed by atoms with E-state index in [1.165, 1.54) is 0 Å². The van der Waals surface area contributed by atoms with Gasteiger partial charge in [-0.1, -0.05) is 0 Å². The van der Waals surface area contributed by atoms with Crippen LogP contribution in [0.25, 0.3) is 0 Å². The van der Waals surface area contributed by atoms with Gasteiger partial charge in [0.25, 0.3) is 0 Å². The van der Waals surface area contributed by atoms with Crippen LogP contribution in [0.4, 0.5) is 5.69 Å². The van der Waals surface area contributed by atoms with E-state index in [-0.39, 0.29) is 6.54 Å². The molecule has 1 aliphatic rings. The molecule has 19 heavy (non-hydrogen) atoms. The van der Waals surface area contributed by atoms with Crippen molar-refractivity contribution in [2.24, 2.45) is 0 Å². The van der Waals surface area contributed by atoms with Gasteiger partial charge in [-0.05, 0) is 6.42 Å². The number of carbonyl (C=O) groups is 1. The topological polar surface area (TPSA) is 68.2 Å². The van der Waals surface area contributed by atoms with Gasteiger partial charge in [-0.3, -0.25) is 4.79 Å². The molecule has 0 saturated heterocycles. The Balaban J connectivity index is 2.51. The number of benzene rings is 1. The summed E-state index contributed by atoms with van der Waals surface area (Å²) in [5, 5.41) is 8.92. The second-order valence-corrected chi connectivity index (χ2v) is 4.21. The summed E-state index contributed by atoms with van der Waals surface area (Å²) < 4.78 is 16.0. The van der Waals surface area contributed by atoms with Crippen LogP contribution in [0, 0.1) is 0 Å². The van der Waals surface area contributed by atoms with Crippen LogP contribution in [0.5, 0.6) is 17.2 Å². The number of aliphatic carboxylic acids is 1. The molecule has 1 aliphatic heterocycles. The van der Waals surface area contributed by atoms with Crippen LogP contribution >= 0.6 is 0 Å². The number of rotatable bonds is 5. The van der Waals surface area contributed by atoms with Gasteiger partial charge >= 0.3 is 5.97 Å². The van der Waals surface area contributed by atoms with Gasteiger partial charge in [0, 0.05) is 23.9 Å². The van der Waals surface area contributed by atoms with E-state index in [2.05, 4.69) is 0 Å². The van der Waals surface area contributed by atoms with Crippen molar-refractivity contribution < 1.29 is 24.1 Å². The highest BCUT2D eigenvalue weighted by molar-refractivity contribution is 5.78. The molecule has 1 heterocycles. The summed E-state index contributed by atoms with van der Waals surface area (Å²) in [6, 6.07) is 1.80. The van der Waals surface area contributed by atoms with Crippen molar-refractivity contribution in [2.75, 3.05) is 39.3 Å². The fourth-order valence-corrected chi connectivity index (χ4v) is 2.42. The first-order valence-electron chi connectivity index (χ1n) is 5.91. The molecule has 104 valence electrons. The van der Waals surface area contributed by atoms with Gasteiger partial charge in [0.1, 0.15) is 6.54 Å². The molecule has 1 aromatic rings. The molecule has 2 rings (SSSR count). The highest BCUT2D eigenvalue weighted by Gasteiger charge is 2.29. The molecule has 0 amide bonds. The second-order valence-electron chi connectivity index (χ2n) is 4.21. The van der Waals surface area contributed by atoms with Crippen molar-refractivity contribution in [2.45, 2.75) is 6.42 Å². The zero-order valence-electron chi connectivity index (χ0n) is 11.2. The summed E-state index contributed by atoms with van der Waals surface area (Å²) in [6.45, 7) is 0.611. The standard InChI is InChI=1S/C13H17NO5/c1-17-10-6-9-8(12(18-2)13(10)19-3)4-5-14(9)7-11(15)16/h6H,4-5,7H2,1-3H3,(H,15,16). The SMILES string of the molecule is COc1cc2c(c(OC)c1OC)CCN2CC(=O)O. The maximum absolute atomic E-state index is 10.9. The van der Waals surface area contributed by atoms with Crippen LogP contribution in [0.1, 0.15) is 5.56 Å². The maximum atomic E-state index is 10.9. The van der Waals surface area contributed by atoms with Crippen molar-refractivity contribution in [1.82, 2.24) is 0 Å². The van der Waals surface area contributed by atoms with E-state index in [1.807, 2.05) is 0 Å². The van der Waals surface area contributed by atoms with E-state index in [0.29, 0.717) is 23.8 Å². The molecule has 0 aromatic heterocycles. The molecule has 6 heteroatoms. The number of fused-ring (bicyclic) bond motifs is 1. The molecule has 0 radical (unpaired) electrons. The van der Waals surface area contributed by atoms with Crippen LogP contribution in [0.3, 0.4) is 0 Å². The van der Waals surface area contributed by atoms with E-state index in [4.69, 9.17) is 19.3 Å². The third kappa shape index (κ3) is 2.25. The molecule has 0 unspecified atom stereocenters. The van der Waals surface area contributed by atoms with E-state index in [1.54, 1.807) is 32.3 Å². The normalized spacial score (nSPS) is 13.1. The summed E-state index contributed by atoms with van der Waals surface area (Å²) in [6.07, 6.45) is 0.728.